The number of hydrogen-bond acceptors (Lipinski definition) is 3. The monoisotopic (exact) mass is 376 g/mol. The maximum absolute atomic E-state index is 12.0. The molecular weight excluding hydrogens is 356 g/mol. The molecule has 7 heteroatoms. The van der Waals surface area contributed by atoms with Gasteiger partial charge < -0.3 is 21.4 Å². The molecule has 0 radical (unpaired) electrons. The van der Waals surface area contributed by atoms with Crippen molar-refractivity contribution in [1.82, 2.24) is 10.3 Å². The highest BCUT2D eigenvalue weighted by atomic mass is 16.2. The van der Waals surface area contributed by atoms with Gasteiger partial charge in [-0.1, -0.05) is 18.2 Å². The van der Waals surface area contributed by atoms with Gasteiger partial charge in [-0.2, -0.15) is 0 Å². The SMILES string of the molecule is CCNC(=O)C=CC(=O)Nc1cccc(-c2ccc(C(N)=O)c3[nH]ccc23)c1. The van der Waals surface area contributed by atoms with Gasteiger partial charge in [0.15, 0.2) is 0 Å². The zero-order valence-corrected chi connectivity index (χ0v) is 15.3. The summed E-state index contributed by atoms with van der Waals surface area (Å²) in [5, 5.41) is 6.17. The third-order valence-corrected chi connectivity index (χ3v) is 4.17. The van der Waals surface area contributed by atoms with E-state index in [2.05, 4.69) is 15.6 Å². The van der Waals surface area contributed by atoms with Crippen LogP contribution in [0.1, 0.15) is 17.3 Å². The molecule has 3 rings (SSSR count). The van der Waals surface area contributed by atoms with Crippen LogP contribution < -0.4 is 16.4 Å². The second-order valence-electron chi connectivity index (χ2n) is 6.09. The molecule has 28 heavy (non-hydrogen) atoms. The van der Waals surface area contributed by atoms with Crippen molar-refractivity contribution in [3.05, 3.63) is 66.4 Å². The molecule has 142 valence electrons. The number of amides is 3. The van der Waals surface area contributed by atoms with Crippen LogP contribution in [0.4, 0.5) is 5.69 Å². The van der Waals surface area contributed by atoms with Crippen LogP contribution in [-0.2, 0) is 9.59 Å². The van der Waals surface area contributed by atoms with Crippen molar-refractivity contribution in [1.29, 1.82) is 0 Å². The molecule has 1 aromatic heterocycles. The molecule has 0 saturated heterocycles. The number of rotatable bonds is 6. The van der Waals surface area contributed by atoms with Crippen molar-refractivity contribution in [2.45, 2.75) is 6.92 Å². The Morgan fingerprint density at radius 2 is 1.86 bits per heavy atom. The second-order valence-corrected chi connectivity index (χ2v) is 6.09. The van der Waals surface area contributed by atoms with Crippen LogP contribution in [0, 0.1) is 0 Å². The van der Waals surface area contributed by atoms with E-state index in [4.69, 9.17) is 5.73 Å². The number of H-pyrrole nitrogens is 1. The summed E-state index contributed by atoms with van der Waals surface area (Å²) in [6, 6.07) is 12.7. The van der Waals surface area contributed by atoms with E-state index in [0.717, 1.165) is 16.5 Å². The molecule has 5 N–H and O–H groups in total. The predicted molar refractivity (Wildman–Crippen MR) is 109 cm³/mol. The lowest BCUT2D eigenvalue weighted by Crippen LogP contribution is -2.20. The van der Waals surface area contributed by atoms with Gasteiger partial charge in [0.1, 0.15) is 0 Å². The topological polar surface area (TPSA) is 117 Å². The van der Waals surface area contributed by atoms with E-state index in [1.165, 1.54) is 12.2 Å². The number of aromatic nitrogens is 1. The molecule has 0 aliphatic carbocycles. The number of carbonyl (C=O) groups excluding carboxylic acids is 3. The molecule has 0 aliphatic heterocycles. The van der Waals surface area contributed by atoms with Gasteiger partial charge in [0.2, 0.25) is 11.8 Å². The van der Waals surface area contributed by atoms with Crippen LogP contribution in [0.3, 0.4) is 0 Å². The Labute approximate surface area is 161 Å². The van der Waals surface area contributed by atoms with E-state index in [0.29, 0.717) is 23.3 Å². The van der Waals surface area contributed by atoms with Gasteiger partial charge in [0, 0.05) is 36.0 Å². The largest absolute Gasteiger partial charge is 0.366 e. The van der Waals surface area contributed by atoms with E-state index >= 15 is 0 Å². The lowest BCUT2D eigenvalue weighted by molar-refractivity contribution is -0.117. The molecule has 1 heterocycles. The highest BCUT2D eigenvalue weighted by molar-refractivity contribution is 6.09. The normalized spacial score (nSPS) is 10.9. The first-order valence-electron chi connectivity index (χ1n) is 8.77. The summed E-state index contributed by atoms with van der Waals surface area (Å²) in [7, 11) is 0. The molecule has 0 bridgehead atoms. The lowest BCUT2D eigenvalue weighted by atomic mass is 9.98. The van der Waals surface area contributed by atoms with Crippen LogP contribution in [0.5, 0.6) is 0 Å². The smallest absolute Gasteiger partial charge is 0.250 e. The summed E-state index contributed by atoms with van der Waals surface area (Å²) in [6.07, 6.45) is 4.12. The fourth-order valence-electron chi connectivity index (χ4n) is 2.95. The number of likely N-dealkylation sites (N-methyl/N-ethyl adjacent to an activating group) is 1. The molecule has 0 unspecified atom stereocenters. The zero-order valence-electron chi connectivity index (χ0n) is 15.3. The van der Waals surface area contributed by atoms with E-state index in [1.54, 1.807) is 25.3 Å². The minimum absolute atomic E-state index is 0.323. The minimum Gasteiger partial charge on any atom is -0.366 e. The highest BCUT2D eigenvalue weighted by Crippen LogP contribution is 2.31. The van der Waals surface area contributed by atoms with Gasteiger partial charge in [-0.05, 0) is 42.3 Å². The van der Waals surface area contributed by atoms with Crippen LogP contribution in [0.2, 0.25) is 0 Å². The van der Waals surface area contributed by atoms with E-state index in [-0.39, 0.29) is 5.91 Å². The van der Waals surface area contributed by atoms with Gasteiger partial charge >= 0.3 is 0 Å². The van der Waals surface area contributed by atoms with E-state index < -0.39 is 11.8 Å². The average molecular weight is 376 g/mol. The first-order valence-corrected chi connectivity index (χ1v) is 8.77. The zero-order chi connectivity index (χ0) is 20.1. The summed E-state index contributed by atoms with van der Waals surface area (Å²) in [4.78, 5) is 38.1. The Balaban J connectivity index is 1.86. The third kappa shape index (κ3) is 4.09. The van der Waals surface area contributed by atoms with E-state index in [1.807, 2.05) is 30.3 Å². The molecule has 0 spiro atoms. The lowest BCUT2D eigenvalue weighted by Gasteiger charge is -2.09. The summed E-state index contributed by atoms with van der Waals surface area (Å²) in [5.41, 5.74) is 8.88. The van der Waals surface area contributed by atoms with Gasteiger partial charge in [-0.3, -0.25) is 14.4 Å². The number of carbonyl (C=O) groups is 3. The first-order chi connectivity index (χ1) is 13.5. The molecule has 3 aromatic rings. The fraction of sp³-hybridized carbons (Fsp3) is 0.0952. The molecule has 7 nitrogen and oxygen atoms in total. The van der Waals surface area contributed by atoms with Gasteiger partial charge in [-0.15, -0.1) is 0 Å². The van der Waals surface area contributed by atoms with Crippen molar-refractivity contribution in [3.63, 3.8) is 0 Å². The number of aromatic amines is 1. The summed E-state index contributed by atoms with van der Waals surface area (Å²) in [5.74, 6) is -1.23. The van der Waals surface area contributed by atoms with Gasteiger partial charge in [-0.25, -0.2) is 0 Å². The van der Waals surface area contributed by atoms with Crippen molar-refractivity contribution < 1.29 is 14.4 Å². The highest BCUT2D eigenvalue weighted by Gasteiger charge is 2.12. The summed E-state index contributed by atoms with van der Waals surface area (Å²) < 4.78 is 0. The van der Waals surface area contributed by atoms with Gasteiger partial charge in [0.25, 0.3) is 5.91 Å². The predicted octanol–water partition coefficient (Wildman–Crippen LogP) is 2.56. The maximum atomic E-state index is 12.0. The standard InChI is InChI=1S/C21H20N4O3/c1-2-23-18(26)8-9-19(27)25-14-5-3-4-13(12-14)15-6-7-17(21(22)28)20-16(15)10-11-24-20/h3-12,24H,2H2,1H3,(H2,22,28)(H,23,26)(H,25,27). The second kappa shape index (κ2) is 8.22. The summed E-state index contributed by atoms with van der Waals surface area (Å²) >= 11 is 0. The van der Waals surface area contributed by atoms with Crippen molar-refractivity contribution in [2.24, 2.45) is 5.73 Å². The van der Waals surface area contributed by atoms with Crippen molar-refractivity contribution in [3.8, 4) is 11.1 Å². The fourth-order valence-corrected chi connectivity index (χ4v) is 2.95. The molecular formula is C21H20N4O3. The number of nitrogens with one attached hydrogen (secondary N) is 3. The number of fused-ring (bicyclic) bond motifs is 1. The Kier molecular flexibility index (Phi) is 5.55. The van der Waals surface area contributed by atoms with Gasteiger partial charge in [0.05, 0.1) is 11.1 Å². The molecule has 0 aliphatic rings. The first kappa shape index (κ1) is 18.9. The summed E-state index contributed by atoms with van der Waals surface area (Å²) in [6.45, 7) is 2.30. The molecule has 2 aromatic carbocycles. The number of hydrogen-bond donors (Lipinski definition) is 4. The van der Waals surface area contributed by atoms with Crippen molar-refractivity contribution >= 4 is 34.3 Å². The molecule has 0 atom stereocenters. The van der Waals surface area contributed by atoms with Crippen molar-refractivity contribution in [2.75, 3.05) is 11.9 Å². The minimum atomic E-state index is -0.501. The quantitative estimate of drug-likeness (QED) is 0.495. The average Bonchev–Trinajstić information content (AvgIpc) is 3.15. The Morgan fingerprint density at radius 3 is 2.61 bits per heavy atom. The third-order valence-electron chi connectivity index (χ3n) is 4.17. The van der Waals surface area contributed by atoms with E-state index in [9.17, 15) is 14.4 Å². The van der Waals surface area contributed by atoms with Crippen LogP contribution in [0.25, 0.3) is 22.0 Å². The number of benzene rings is 2. The van der Waals surface area contributed by atoms with Crippen LogP contribution in [-0.4, -0.2) is 29.3 Å². The van der Waals surface area contributed by atoms with Crippen LogP contribution in [0.15, 0.2) is 60.8 Å². The molecule has 3 amide bonds. The number of anilines is 1. The number of nitrogens with two attached hydrogens (primary N) is 1. The Bertz CT molecular complexity index is 1080. The molecule has 0 fully saturated rings. The number of primary amides is 1. The van der Waals surface area contributed by atoms with Crippen LogP contribution >= 0.6 is 0 Å². The Morgan fingerprint density at radius 1 is 1.07 bits per heavy atom. The maximum Gasteiger partial charge on any atom is 0.250 e. The molecule has 0 saturated carbocycles. The Hall–Kier alpha value is -3.87.